The molecule has 1 aromatic carbocycles. The van der Waals surface area contributed by atoms with Crippen molar-refractivity contribution < 1.29 is 9.90 Å². The van der Waals surface area contributed by atoms with E-state index >= 15 is 0 Å². The topological polar surface area (TPSA) is 71.2 Å². The number of hydrogen-bond acceptors (Lipinski definition) is 4. The van der Waals surface area contributed by atoms with Gasteiger partial charge < -0.3 is 14.6 Å². The van der Waals surface area contributed by atoms with Gasteiger partial charge in [-0.25, -0.2) is 4.98 Å². The van der Waals surface area contributed by atoms with E-state index in [1.165, 1.54) is 0 Å². The van der Waals surface area contributed by atoms with E-state index in [1.54, 1.807) is 17.3 Å². The number of benzene rings is 1. The van der Waals surface area contributed by atoms with Crippen LogP contribution in [0.4, 0.5) is 0 Å². The van der Waals surface area contributed by atoms with E-state index in [2.05, 4.69) is 9.97 Å². The van der Waals surface area contributed by atoms with E-state index in [-0.39, 0.29) is 18.6 Å². The van der Waals surface area contributed by atoms with E-state index < -0.39 is 0 Å². The Morgan fingerprint density at radius 2 is 1.93 bits per heavy atom. The second kappa shape index (κ2) is 8.60. The lowest BCUT2D eigenvalue weighted by Crippen LogP contribution is -2.41. The molecule has 0 aliphatic rings. The summed E-state index contributed by atoms with van der Waals surface area (Å²) >= 11 is 0. The Hall–Kier alpha value is -2.99. The third-order valence-corrected chi connectivity index (χ3v) is 4.65. The van der Waals surface area contributed by atoms with Gasteiger partial charge in [-0.05, 0) is 30.7 Å². The maximum Gasteiger partial charge on any atom is 0.254 e. The van der Waals surface area contributed by atoms with Gasteiger partial charge >= 0.3 is 0 Å². The fourth-order valence-corrected chi connectivity index (χ4v) is 3.05. The standard InChI is InChI=1S/C21H24N4O2/c1-3-19(15-26)25(14-18-6-4-5-11-22-18)21(27)17-9-7-16(8-10-17)20-23-12-13-24(20)2/h4-13,19,26H,3,14-15H2,1-2H3. The summed E-state index contributed by atoms with van der Waals surface area (Å²) in [6.45, 7) is 2.24. The Bertz CT molecular complexity index is 871. The number of amides is 1. The number of imidazole rings is 1. The summed E-state index contributed by atoms with van der Waals surface area (Å²) in [7, 11) is 1.93. The number of pyridine rings is 1. The number of aromatic nitrogens is 3. The Morgan fingerprint density at radius 3 is 2.48 bits per heavy atom. The molecule has 27 heavy (non-hydrogen) atoms. The van der Waals surface area contributed by atoms with E-state index in [1.807, 2.05) is 67.2 Å². The Morgan fingerprint density at radius 1 is 1.15 bits per heavy atom. The lowest BCUT2D eigenvalue weighted by molar-refractivity contribution is 0.0560. The monoisotopic (exact) mass is 364 g/mol. The molecule has 0 spiro atoms. The van der Waals surface area contributed by atoms with Gasteiger partial charge in [-0.15, -0.1) is 0 Å². The first-order valence-electron chi connectivity index (χ1n) is 9.03. The van der Waals surface area contributed by atoms with Crippen LogP contribution in [0.25, 0.3) is 11.4 Å². The fraction of sp³-hybridized carbons (Fsp3) is 0.286. The van der Waals surface area contributed by atoms with Crippen molar-refractivity contribution in [1.29, 1.82) is 0 Å². The number of aliphatic hydroxyl groups is 1. The van der Waals surface area contributed by atoms with Gasteiger partial charge in [0.25, 0.3) is 5.91 Å². The van der Waals surface area contributed by atoms with Crippen molar-refractivity contribution in [2.24, 2.45) is 7.05 Å². The van der Waals surface area contributed by atoms with Gasteiger partial charge in [-0.3, -0.25) is 9.78 Å². The summed E-state index contributed by atoms with van der Waals surface area (Å²) in [4.78, 5) is 23.5. The molecule has 0 aliphatic carbocycles. The summed E-state index contributed by atoms with van der Waals surface area (Å²) < 4.78 is 1.93. The molecule has 2 heterocycles. The number of aliphatic hydroxyl groups excluding tert-OH is 1. The van der Waals surface area contributed by atoms with Crippen molar-refractivity contribution in [3.8, 4) is 11.4 Å². The fourth-order valence-electron chi connectivity index (χ4n) is 3.05. The molecule has 0 aliphatic heterocycles. The molecule has 140 valence electrons. The van der Waals surface area contributed by atoms with Crippen LogP contribution < -0.4 is 0 Å². The van der Waals surface area contributed by atoms with Crippen LogP contribution in [0.15, 0.2) is 61.1 Å². The smallest absolute Gasteiger partial charge is 0.254 e. The molecule has 0 fully saturated rings. The van der Waals surface area contributed by atoms with E-state index in [0.29, 0.717) is 18.5 Å². The molecule has 6 nitrogen and oxygen atoms in total. The van der Waals surface area contributed by atoms with Crippen LogP contribution in [0.2, 0.25) is 0 Å². The Kier molecular flexibility index (Phi) is 5.98. The molecule has 3 aromatic rings. The Balaban J connectivity index is 1.85. The second-order valence-electron chi connectivity index (χ2n) is 6.44. The number of hydrogen-bond donors (Lipinski definition) is 1. The zero-order valence-corrected chi connectivity index (χ0v) is 15.6. The molecular weight excluding hydrogens is 340 g/mol. The third-order valence-electron chi connectivity index (χ3n) is 4.65. The average molecular weight is 364 g/mol. The second-order valence-corrected chi connectivity index (χ2v) is 6.44. The first-order valence-corrected chi connectivity index (χ1v) is 9.03. The van der Waals surface area contributed by atoms with Crippen molar-refractivity contribution in [2.45, 2.75) is 25.9 Å². The van der Waals surface area contributed by atoms with Crippen LogP contribution in [-0.4, -0.2) is 43.1 Å². The van der Waals surface area contributed by atoms with Gasteiger partial charge in [0.1, 0.15) is 5.82 Å². The first-order chi connectivity index (χ1) is 13.1. The summed E-state index contributed by atoms with van der Waals surface area (Å²) in [6, 6.07) is 12.8. The number of carbonyl (C=O) groups excluding carboxylic acids is 1. The van der Waals surface area contributed by atoms with E-state index in [4.69, 9.17) is 0 Å². The highest BCUT2D eigenvalue weighted by Crippen LogP contribution is 2.20. The molecule has 0 saturated carbocycles. The maximum absolute atomic E-state index is 13.1. The molecule has 3 rings (SSSR count). The Labute approximate surface area is 159 Å². The molecular formula is C21H24N4O2. The minimum atomic E-state index is -0.256. The molecule has 0 bridgehead atoms. The minimum absolute atomic E-state index is 0.0829. The molecule has 0 saturated heterocycles. The lowest BCUT2D eigenvalue weighted by Gasteiger charge is -2.30. The number of carbonyl (C=O) groups is 1. The molecule has 1 amide bonds. The van der Waals surface area contributed by atoms with Crippen molar-refractivity contribution in [3.05, 3.63) is 72.3 Å². The van der Waals surface area contributed by atoms with Crippen molar-refractivity contribution >= 4 is 5.91 Å². The molecule has 2 aromatic heterocycles. The predicted octanol–water partition coefficient (Wildman–Crippen LogP) is 2.90. The number of rotatable bonds is 7. The maximum atomic E-state index is 13.1. The van der Waals surface area contributed by atoms with Gasteiger partial charge in [0.2, 0.25) is 0 Å². The van der Waals surface area contributed by atoms with Crippen LogP contribution in [0.1, 0.15) is 29.4 Å². The highest BCUT2D eigenvalue weighted by atomic mass is 16.3. The normalized spacial score (nSPS) is 12.0. The summed E-state index contributed by atoms with van der Waals surface area (Å²) in [5.41, 5.74) is 2.32. The van der Waals surface area contributed by atoms with Crippen LogP contribution in [-0.2, 0) is 13.6 Å². The molecule has 6 heteroatoms. The molecule has 1 atom stereocenters. The van der Waals surface area contributed by atoms with Gasteiger partial charge in [0, 0.05) is 36.8 Å². The number of nitrogens with zero attached hydrogens (tertiary/aromatic N) is 4. The summed E-state index contributed by atoms with van der Waals surface area (Å²) in [5.74, 6) is 0.731. The van der Waals surface area contributed by atoms with Gasteiger partial charge in [-0.1, -0.05) is 25.1 Å². The van der Waals surface area contributed by atoms with Gasteiger partial charge in [0.05, 0.1) is 24.9 Å². The third kappa shape index (κ3) is 4.23. The van der Waals surface area contributed by atoms with Gasteiger partial charge in [-0.2, -0.15) is 0 Å². The van der Waals surface area contributed by atoms with Crippen molar-refractivity contribution in [3.63, 3.8) is 0 Å². The minimum Gasteiger partial charge on any atom is -0.394 e. The average Bonchev–Trinajstić information content (AvgIpc) is 3.14. The number of aryl methyl sites for hydroxylation is 1. The highest BCUT2D eigenvalue weighted by molar-refractivity contribution is 5.94. The van der Waals surface area contributed by atoms with E-state index in [0.717, 1.165) is 17.1 Å². The van der Waals surface area contributed by atoms with Crippen LogP contribution in [0.3, 0.4) is 0 Å². The quantitative estimate of drug-likeness (QED) is 0.700. The summed E-state index contributed by atoms with van der Waals surface area (Å²) in [5, 5.41) is 9.74. The SMILES string of the molecule is CCC(CO)N(Cc1ccccn1)C(=O)c1ccc(-c2nccn2C)cc1. The van der Waals surface area contributed by atoms with E-state index in [9.17, 15) is 9.90 Å². The molecule has 1 unspecified atom stereocenters. The first kappa shape index (κ1) is 18.8. The van der Waals surface area contributed by atoms with Crippen LogP contribution in [0.5, 0.6) is 0 Å². The van der Waals surface area contributed by atoms with Crippen molar-refractivity contribution in [2.75, 3.05) is 6.61 Å². The van der Waals surface area contributed by atoms with Crippen LogP contribution in [0, 0.1) is 0 Å². The van der Waals surface area contributed by atoms with Gasteiger partial charge in [0.15, 0.2) is 0 Å². The van der Waals surface area contributed by atoms with Crippen LogP contribution >= 0.6 is 0 Å². The zero-order chi connectivity index (χ0) is 19.2. The lowest BCUT2D eigenvalue weighted by atomic mass is 10.1. The highest BCUT2D eigenvalue weighted by Gasteiger charge is 2.24. The summed E-state index contributed by atoms with van der Waals surface area (Å²) in [6.07, 6.45) is 6.01. The zero-order valence-electron chi connectivity index (χ0n) is 15.6. The largest absolute Gasteiger partial charge is 0.394 e. The van der Waals surface area contributed by atoms with Crippen molar-refractivity contribution in [1.82, 2.24) is 19.4 Å². The molecule has 1 N–H and O–H groups in total. The molecule has 0 radical (unpaired) electrons. The predicted molar refractivity (Wildman–Crippen MR) is 104 cm³/mol.